The number of likely N-dealkylation sites (tertiary alicyclic amines) is 1. The number of rotatable bonds is 4. The molecule has 5 nitrogen and oxygen atoms in total. The van der Waals surface area contributed by atoms with Crippen LogP contribution in [0.3, 0.4) is 0 Å². The van der Waals surface area contributed by atoms with Gasteiger partial charge in [-0.25, -0.2) is 9.78 Å². The molecule has 1 aromatic rings. The molecule has 1 aromatic heterocycles. The van der Waals surface area contributed by atoms with Crippen molar-refractivity contribution in [3.05, 3.63) is 11.1 Å². The first-order valence-corrected chi connectivity index (χ1v) is 8.59. The van der Waals surface area contributed by atoms with Crippen LogP contribution in [0.5, 0.6) is 0 Å². The zero-order valence-corrected chi connectivity index (χ0v) is 13.4. The highest BCUT2D eigenvalue weighted by Crippen LogP contribution is 2.28. The minimum Gasteiger partial charge on any atom is -0.465 e. The molecule has 0 spiro atoms. The maximum atomic E-state index is 11.5. The molecule has 0 amide bonds. The number of ether oxygens (including phenoxy) is 1. The number of nitrogens with zero attached hydrogens (tertiary/aromatic N) is 3. The van der Waals surface area contributed by atoms with Crippen molar-refractivity contribution in [2.24, 2.45) is 5.92 Å². The van der Waals surface area contributed by atoms with Crippen LogP contribution in [0.2, 0.25) is 0 Å². The van der Waals surface area contributed by atoms with Gasteiger partial charge in [0, 0.05) is 19.6 Å². The van der Waals surface area contributed by atoms with E-state index in [2.05, 4.69) is 14.8 Å². The third-order valence-corrected chi connectivity index (χ3v) is 5.52. The number of carbonyl (C=O) groups is 1. The number of aromatic nitrogens is 1. The summed E-state index contributed by atoms with van der Waals surface area (Å²) in [5.74, 6) is 0.530. The second-order valence-electron chi connectivity index (χ2n) is 5.94. The second-order valence-corrected chi connectivity index (χ2v) is 6.95. The molecular formula is C15H23N3O2S. The highest BCUT2D eigenvalue weighted by molar-refractivity contribution is 7.17. The van der Waals surface area contributed by atoms with Crippen LogP contribution in [0.25, 0.3) is 0 Å². The molecule has 2 aliphatic heterocycles. The summed E-state index contributed by atoms with van der Waals surface area (Å²) in [5, 5.41) is 0.954. The highest BCUT2D eigenvalue weighted by Gasteiger charge is 2.24. The van der Waals surface area contributed by atoms with Crippen molar-refractivity contribution in [3.8, 4) is 0 Å². The van der Waals surface area contributed by atoms with Gasteiger partial charge in [-0.3, -0.25) is 0 Å². The first kappa shape index (κ1) is 14.8. The Labute approximate surface area is 129 Å². The normalized spacial score (nSPS) is 20.9. The molecule has 0 aliphatic carbocycles. The largest absolute Gasteiger partial charge is 0.465 e. The standard InChI is InChI=1S/C15H23N3O2S/c1-20-14(19)13-10-16-15(21-13)18-8-4-12(5-9-18)11-17-6-2-3-7-17/h10,12H,2-9,11H2,1H3. The van der Waals surface area contributed by atoms with Gasteiger partial charge in [-0.15, -0.1) is 0 Å². The Morgan fingerprint density at radius 1 is 1.33 bits per heavy atom. The van der Waals surface area contributed by atoms with Gasteiger partial charge in [0.2, 0.25) is 0 Å². The number of hydrogen-bond donors (Lipinski definition) is 0. The lowest BCUT2D eigenvalue weighted by Gasteiger charge is -2.33. The van der Waals surface area contributed by atoms with Crippen molar-refractivity contribution in [1.82, 2.24) is 9.88 Å². The second kappa shape index (κ2) is 6.75. The molecule has 0 N–H and O–H groups in total. The average molecular weight is 309 g/mol. The van der Waals surface area contributed by atoms with E-state index in [1.807, 2.05) is 0 Å². The smallest absolute Gasteiger partial charge is 0.349 e. The van der Waals surface area contributed by atoms with Crippen molar-refractivity contribution in [2.75, 3.05) is 44.7 Å². The summed E-state index contributed by atoms with van der Waals surface area (Å²) in [4.78, 5) is 21.4. The highest BCUT2D eigenvalue weighted by atomic mass is 32.1. The van der Waals surface area contributed by atoms with E-state index in [4.69, 9.17) is 4.74 Å². The number of anilines is 1. The molecule has 0 bridgehead atoms. The Kier molecular flexibility index (Phi) is 4.75. The van der Waals surface area contributed by atoms with Gasteiger partial charge in [0.1, 0.15) is 4.88 Å². The third-order valence-electron chi connectivity index (χ3n) is 4.48. The van der Waals surface area contributed by atoms with E-state index in [1.165, 1.54) is 63.8 Å². The van der Waals surface area contributed by atoms with E-state index < -0.39 is 0 Å². The van der Waals surface area contributed by atoms with Gasteiger partial charge in [0.25, 0.3) is 0 Å². The quantitative estimate of drug-likeness (QED) is 0.798. The van der Waals surface area contributed by atoms with Crippen LogP contribution in [0, 0.1) is 5.92 Å². The lowest BCUT2D eigenvalue weighted by molar-refractivity contribution is 0.0606. The Morgan fingerprint density at radius 2 is 2.05 bits per heavy atom. The van der Waals surface area contributed by atoms with Crippen molar-refractivity contribution in [3.63, 3.8) is 0 Å². The average Bonchev–Trinajstić information content (AvgIpc) is 3.18. The summed E-state index contributed by atoms with van der Waals surface area (Å²) >= 11 is 1.44. The summed E-state index contributed by atoms with van der Waals surface area (Å²) < 4.78 is 4.74. The summed E-state index contributed by atoms with van der Waals surface area (Å²) in [6.07, 6.45) is 6.82. The Morgan fingerprint density at radius 3 is 2.71 bits per heavy atom. The predicted octanol–water partition coefficient (Wildman–Crippen LogP) is 2.24. The van der Waals surface area contributed by atoms with Gasteiger partial charge < -0.3 is 14.5 Å². The molecule has 2 fully saturated rings. The number of methoxy groups -OCH3 is 1. The van der Waals surface area contributed by atoms with Gasteiger partial charge in [-0.05, 0) is 44.7 Å². The van der Waals surface area contributed by atoms with Crippen LogP contribution in [-0.4, -0.2) is 55.7 Å². The molecule has 2 saturated heterocycles. The number of esters is 1. The maximum Gasteiger partial charge on any atom is 0.349 e. The summed E-state index contributed by atoms with van der Waals surface area (Å²) in [5.41, 5.74) is 0. The van der Waals surface area contributed by atoms with Gasteiger partial charge in [0.15, 0.2) is 5.13 Å². The van der Waals surface area contributed by atoms with Crippen molar-refractivity contribution in [1.29, 1.82) is 0 Å². The van der Waals surface area contributed by atoms with Crippen LogP contribution in [-0.2, 0) is 4.74 Å². The van der Waals surface area contributed by atoms with E-state index in [0.29, 0.717) is 4.88 Å². The molecule has 0 atom stereocenters. The van der Waals surface area contributed by atoms with Crippen LogP contribution in [0.15, 0.2) is 6.20 Å². The Hall–Kier alpha value is -1.14. The zero-order valence-electron chi connectivity index (χ0n) is 12.6. The molecule has 0 aromatic carbocycles. The molecule has 2 aliphatic rings. The molecule has 21 heavy (non-hydrogen) atoms. The van der Waals surface area contributed by atoms with Gasteiger partial charge in [-0.2, -0.15) is 0 Å². The number of carbonyl (C=O) groups excluding carboxylic acids is 1. The minimum absolute atomic E-state index is 0.289. The van der Waals surface area contributed by atoms with Crippen LogP contribution < -0.4 is 4.90 Å². The molecule has 0 radical (unpaired) electrons. The summed E-state index contributed by atoms with van der Waals surface area (Å²) in [7, 11) is 1.41. The maximum absolute atomic E-state index is 11.5. The van der Waals surface area contributed by atoms with E-state index in [-0.39, 0.29) is 5.97 Å². The van der Waals surface area contributed by atoms with E-state index in [0.717, 1.165) is 24.1 Å². The molecule has 116 valence electrons. The van der Waals surface area contributed by atoms with Crippen molar-refractivity contribution in [2.45, 2.75) is 25.7 Å². The number of piperidine rings is 1. The van der Waals surface area contributed by atoms with Crippen molar-refractivity contribution < 1.29 is 9.53 Å². The van der Waals surface area contributed by atoms with Gasteiger partial charge in [-0.1, -0.05) is 11.3 Å². The monoisotopic (exact) mass is 309 g/mol. The van der Waals surface area contributed by atoms with Crippen LogP contribution in [0.1, 0.15) is 35.4 Å². The molecule has 0 saturated carbocycles. The molecule has 3 rings (SSSR count). The first-order chi connectivity index (χ1) is 10.3. The first-order valence-electron chi connectivity index (χ1n) is 7.77. The SMILES string of the molecule is COC(=O)c1cnc(N2CCC(CN3CCCC3)CC2)s1. The predicted molar refractivity (Wildman–Crippen MR) is 84.1 cm³/mol. The number of thiazole rings is 1. The summed E-state index contributed by atoms with van der Waals surface area (Å²) in [6, 6.07) is 0. The fourth-order valence-electron chi connectivity index (χ4n) is 3.24. The lowest BCUT2D eigenvalue weighted by atomic mass is 9.96. The number of hydrogen-bond acceptors (Lipinski definition) is 6. The van der Waals surface area contributed by atoms with Gasteiger partial charge in [0.05, 0.1) is 13.3 Å². The zero-order chi connectivity index (χ0) is 14.7. The minimum atomic E-state index is -0.289. The summed E-state index contributed by atoms with van der Waals surface area (Å²) in [6.45, 7) is 5.93. The Bertz CT molecular complexity index is 477. The fourth-order valence-corrected chi connectivity index (χ4v) is 4.13. The molecule has 6 heteroatoms. The fraction of sp³-hybridized carbons (Fsp3) is 0.733. The third kappa shape index (κ3) is 3.55. The van der Waals surface area contributed by atoms with Crippen LogP contribution >= 0.6 is 11.3 Å². The van der Waals surface area contributed by atoms with Crippen LogP contribution in [0.4, 0.5) is 5.13 Å². The Balaban J connectivity index is 1.50. The molecular weight excluding hydrogens is 286 g/mol. The van der Waals surface area contributed by atoms with E-state index >= 15 is 0 Å². The van der Waals surface area contributed by atoms with E-state index in [1.54, 1.807) is 6.20 Å². The molecule has 0 unspecified atom stereocenters. The lowest BCUT2D eigenvalue weighted by Crippen LogP contribution is -2.38. The van der Waals surface area contributed by atoms with Crippen molar-refractivity contribution >= 4 is 22.4 Å². The van der Waals surface area contributed by atoms with Gasteiger partial charge >= 0.3 is 5.97 Å². The molecule has 3 heterocycles. The van der Waals surface area contributed by atoms with E-state index in [9.17, 15) is 4.79 Å². The topological polar surface area (TPSA) is 45.7 Å².